The smallest absolute Gasteiger partial charge is 0.254 e. The number of rotatable bonds is 6. The first kappa shape index (κ1) is 20.2. The number of H-pyrrole nitrogens is 1. The average Bonchev–Trinajstić information content (AvgIpc) is 3.17. The molecule has 158 valence electrons. The van der Waals surface area contributed by atoms with Crippen LogP contribution in [0, 0.1) is 0 Å². The van der Waals surface area contributed by atoms with Crippen LogP contribution in [0.25, 0.3) is 16.6 Å². The number of nitrogens with two attached hydrogens (primary N) is 1. The first-order valence-corrected chi connectivity index (χ1v) is 10.4. The number of hydrogen-bond acceptors (Lipinski definition) is 5. The van der Waals surface area contributed by atoms with Crippen LogP contribution in [-0.2, 0) is 4.74 Å². The molecule has 0 saturated carbocycles. The summed E-state index contributed by atoms with van der Waals surface area (Å²) in [6.07, 6.45) is 12.0. The molecule has 0 unspecified atom stereocenters. The standard InChI is InChI=1S/C23H28N4O3/c1-27(2)9-11-30-19-13-17(21-22(26-14-25-21)20(19)23(24)28)15-6-3-4-8-18-16(12-15)7-5-10-29-18/h6,8,12-14H,3-5,7,9-11H2,1-2H3,(H2,24,28)(H,25,26). The van der Waals surface area contributed by atoms with Gasteiger partial charge < -0.3 is 25.1 Å². The molecule has 2 heterocycles. The van der Waals surface area contributed by atoms with Crippen molar-refractivity contribution < 1.29 is 14.3 Å². The Morgan fingerprint density at radius 3 is 2.97 bits per heavy atom. The van der Waals surface area contributed by atoms with Crippen molar-refractivity contribution in [2.45, 2.75) is 25.7 Å². The lowest BCUT2D eigenvalue weighted by Gasteiger charge is -2.22. The summed E-state index contributed by atoms with van der Waals surface area (Å²) in [6.45, 7) is 1.95. The molecule has 1 aliphatic heterocycles. The van der Waals surface area contributed by atoms with Gasteiger partial charge in [-0.3, -0.25) is 4.79 Å². The quantitative estimate of drug-likeness (QED) is 0.764. The fraction of sp³-hybridized carbons (Fsp3) is 0.391. The van der Waals surface area contributed by atoms with Crippen molar-refractivity contribution in [3.05, 3.63) is 53.1 Å². The average molecular weight is 409 g/mol. The third-order valence-electron chi connectivity index (χ3n) is 5.37. The van der Waals surface area contributed by atoms with Gasteiger partial charge in [-0.05, 0) is 69.1 Å². The van der Waals surface area contributed by atoms with E-state index in [2.05, 4.69) is 28.2 Å². The molecule has 7 heteroatoms. The third-order valence-corrected chi connectivity index (χ3v) is 5.37. The number of nitrogens with zero attached hydrogens (tertiary/aromatic N) is 2. The Bertz CT molecular complexity index is 1050. The van der Waals surface area contributed by atoms with E-state index in [1.165, 1.54) is 5.57 Å². The number of aromatic nitrogens is 2. The van der Waals surface area contributed by atoms with Crippen LogP contribution in [-0.4, -0.2) is 54.6 Å². The summed E-state index contributed by atoms with van der Waals surface area (Å²) in [4.78, 5) is 21.9. The van der Waals surface area contributed by atoms with Crippen LogP contribution in [0.15, 0.2) is 42.0 Å². The van der Waals surface area contributed by atoms with Gasteiger partial charge in [-0.15, -0.1) is 0 Å². The van der Waals surface area contributed by atoms with Gasteiger partial charge in [-0.1, -0.05) is 6.08 Å². The maximum Gasteiger partial charge on any atom is 0.254 e. The number of carbonyl (C=O) groups excluding carboxylic acids is 1. The molecule has 0 atom stereocenters. The van der Waals surface area contributed by atoms with Crippen LogP contribution in [0.1, 0.15) is 41.6 Å². The number of ether oxygens (including phenoxy) is 2. The molecular formula is C23H28N4O3. The number of amides is 1. The highest BCUT2D eigenvalue weighted by molar-refractivity contribution is 6.09. The number of allylic oxidation sites excluding steroid dienone is 5. The van der Waals surface area contributed by atoms with E-state index in [1.54, 1.807) is 6.33 Å². The van der Waals surface area contributed by atoms with E-state index in [9.17, 15) is 4.79 Å². The Hall–Kier alpha value is -3.06. The highest BCUT2D eigenvalue weighted by Crippen LogP contribution is 2.36. The molecule has 0 radical (unpaired) electrons. The Morgan fingerprint density at radius 2 is 2.17 bits per heavy atom. The zero-order chi connectivity index (χ0) is 21.1. The summed E-state index contributed by atoms with van der Waals surface area (Å²) in [5.41, 5.74) is 10.6. The summed E-state index contributed by atoms with van der Waals surface area (Å²) >= 11 is 0. The van der Waals surface area contributed by atoms with Gasteiger partial charge in [0.05, 0.1) is 24.0 Å². The first-order chi connectivity index (χ1) is 14.5. The number of aromatic amines is 1. The van der Waals surface area contributed by atoms with Gasteiger partial charge in [0.2, 0.25) is 0 Å². The number of nitrogens with one attached hydrogen (secondary N) is 1. The van der Waals surface area contributed by atoms with E-state index in [0.29, 0.717) is 23.4 Å². The number of hydrogen-bond donors (Lipinski definition) is 2. The molecule has 4 rings (SSSR count). The lowest BCUT2D eigenvalue weighted by molar-refractivity contribution is 0.0997. The number of fused-ring (bicyclic) bond motifs is 2. The van der Waals surface area contributed by atoms with Crippen LogP contribution in [0.2, 0.25) is 0 Å². The molecule has 2 aliphatic rings. The van der Waals surface area contributed by atoms with Gasteiger partial charge >= 0.3 is 0 Å². The molecule has 1 aliphatic carbocycles. The monoisotopic (exact) mass is 408 g/mol. The van der Waals surface area contributed by atoms with Gasteiger partial charge in [-0.25, -0.2) is 4.98 Å². The van der Waals surface area contributed by atoms with E-state index < -0.39 is 5.91 Å². The number of imidazole rings is 1. The molecule has 3 N–H and O–H groups in total. The second-order valence-corrected chi connectivity index (χ2v) is 7.87. The van der Waals surface area contributed by atoms with Gasteiger partial charge in [-0.2, -0.15) is 0 Å². The fourth-order valence-corrected chi connectivity index (χ4v) is 3.88. The van der Waals surface area contributed by atoms with E-state index in [-0.39, 0.29) is 0 Å². The lowest BCUT2D eigenvalue weighted by atomic mass is 9.93. The second-order valence-electron chi connectivity index (χ2n) is 7.87. The predicted octanol–water partition coefficient (Wildman–Crippen LogP) is 3.40. The van der Waals surface area contributed by atoms with Gasteiger partial charge in [0.25, 0.3) is 5.91 Å². The Morgan fingerprint density at radius 1 is 1.33 bits per heavy atom. The van der Waals surface area contributed by atoms with Crippen molar-refractivity contribution in [3.63, 3.8) is 0 Å². The predicted molar refractivity (Wildman–Crippen MR) is 117 cm³/mol. The molecule has 2 aromatic rings. The molecule has 7 nitrogen and oxygen atoms in total. The van der Waals surface area contributed by atoms with Crippen molar-refractivity contribution in [2.24, 2.45) is 5.73 Å². The van der Waals surface area contributed by atoms with Gasteiger partial charge in [0.15, 0.2) is 0 Å². The highest BCUT2D eigenvalue weighted by atomic mass is 16.5. The summed E-state index contributed by atoms with van der Waals surface area (Å²) in [5, 5.41) is 0. The lowest BCUT2D eigenvalue weighted by Crippen LogP contribution is -2.21. The van der Waals surface area contributed by atoms with Crippen molar-refractivity contribution in [1.82, 2.24) is 14.9 Å². The SMILES string of the molecule is CN(C)CCOc1cc(C2=CCCC=C3OCCCC3=C2)c2nc[nH]c2c1C(N)=O. The van der Waals surface area contributed by atoms with Crippen molar-refractivity contribution >= 4 is 22.5 Å². The maximum absolute atomic E-state index is 12.2. The fourth-order valence-electron chi connectivity index (χ4n) is 3.88. The molecule has 1 amide bonds. The van der Waals surface area contributed by atoms with Crippen LogP contribution < -0.4 is 10.5 Å². The third kappa shape index (κ3) is 4.11. The Kier molecular flexibility index (Phi) is 5.90. The second kappa shape index (κ2) is 8.75. The largest absolute Gasteiger partial charge is 0.494 e. The highest BCUT2D eigenvalue weighted by Gasteiger charge is 2.22. The Balaban J connectivity index is 1.82. The maximum atomic E-state index is 12.2. The van der Waals surface area contributed by atoms with E-state index in [1.807, 2.05) is 25.1 Å². The van der Waals surface area contributed by atoms with Crippen LogP contribution in [0.5, 0.6) is 5.75 Å². The number of carbonyl (C=O) groups is 1. The molecule has 30 heavy (non-hydrogen) atoms. The molecule has 1 saturated heterocycles. The van der Waals surface area contributed by atoms with Crippen molar-refractivity contribution in [2.75, 3.05) is 33.9 Å². The molecule has 1 fully saturated rings. The topological polar surface area (TPSA) is 93.5 Å². The minimum absolute atomic E-state index is 0.339. The minimum atomic E-state index is -0.536. The van der Waals surface area contributed by atoms with Gasteiger partial charge in [0, 0.05) is 12.1 Å². The minimum Gasteiger partial charge on any atom is -0.494 e. The Labute approximate surface area is 176 Å². The summed E-state index contributed by atoms with van der Waals surface area (Å²) < 4.78 is 11.9. The zero-order valence-electron chi connectivity index (χ0n) is 17.5. The van der Waals surface area contributed by atoms with Crippen LogP contribution in [0.4, 0.5) is 0 Å². The number of benzene rings is 1. The van der Waals surface area contributed by atoms with E-state index in [4.69, 9.17) is 15.2 Å². The van der Waals surface area contributed by atoms with E-state index >= 15 is 0 Å². The summed E-state index contributed by atoms with van der Waals surface area (Å²) in [5.74, 6) is 0.931. The zero-order valence-corrected chi connectivity index (χ0v) is 17.5. The molecular weight excluding hydrogens is 380 g/mol. The number of primary amides is 1. The summed E-state index contributed by atoms with van der Waals surface area (Å²) in [7, 11) is 3.95. The molecule has 1 aromatic heterocycles. The van der Waals surface area contributed by atoms with Crippen LogP contribution in [0.3, 0.4) is 0 Å². The molecule has 1 aromatic carbocycles. The molecule has 0 spiro atoms. The first-order valence-electron chi connectivity index (χ1n) is 10.4. The van der Waals surface area contributed by atoms with Crippen LogP contribution >= 0.6 is 0 Å². The normalized spacial score (nSPS) is 16.7. The van der Waals surface area contributed by atoms with Crippen molar-refractivity contribution in [1.29, 1.82) is 0 Å². The number of likely N-dealkylation sites (N-methyl/N-ethyl adjacent to an activating group) is 1. The van der Waals surface area contributed by atoms with Gasteiger partial charge in [0.1, 0.15) is 23.7 Å². The van der Waals surface area contributed by atoms with E-state index in [0.717, 1.165) is 61.2 Å². The molecule has 0 bridgehead atoms. The summed E-state index contributed by atoms with van der Waals surface area (Å²) in [6, 6.07) is 1.90. The van der Waals surface area contributed by atoms with Crippen molar-refractivity contribution in [3.8, 4) is 5.75 Å².